The molecule has 148 valence electrons. The Kier molecular flexibility index (Phi) is 6.63. The quantitative estimate of drug-likeness (QED) is 0.735. The number of nitrogens with zero attached hydrogens (tertiary/aromatic N) is 2. The van der Waals surface area contributed by atoms with E-state index in [1.165, 1.54) is 6.92 Å². The number of nitriles is 1. The number of benzene rings is 1. The topological polar surface area (TPSA) is 92.3 Å². The second-order valence-corrected chi connectivity index (χ2v) is 6.99. The maximum atomic E-state index is 13.0. The van der Waals surface area contributed by atoms with Crippen LogP contribution in [0.5, 0.6) is 11.6 Å². The van der Waals surface area contributed by atoms with Crippen LogP contribution in [0.1, 0.15) is 59.3 Å². The van der Waals surface area contributed by atoms with E-state index in [2.05, 4.69) is 0 Å². The SMILES string of the molecule is CCCCn1c(O)c(C(=O)C(C)Oc2ccc(C)c(C)c2)c(C)c(C#N)c1=O. The van der Waals surface area contributed by atoms with Crippen LogP contribution in [0.25, 0.3) is 0 Å². The van der Waals surface area contributed by atoms with Gasteiger partial charge in [-0.05, 0) is 62.9 Å². The largest absolute Gasteiger partial charge is 0.494 e. The van der Waals surface area contributed by atoms with Gasteiger partial charge in [0.2, 0.25) is 11.7 Å². The minimum absolute atomic E-state index is 0.0383. The lowest BCUT2D eigenvalue weighted by molar-refractivity contribution is 0.0812. The van der Waals surface area contributed by atoms with Gasteiger partial charge in [0.15, 0.2) is 6.10 Å². The van der Waals surface area contributed by atoms with Gasteiger partial charge in [-0.15, -0.1) is 0 Å². The number of ether oxygens (including phenoxy) is 1. The monoisotopic (exact) mass is 382 g/mol. The summed E-state index contributed by atoms with van der Waals surface area (Å²) in [6.07, 6.45) is 0.552. The first-order valence-electron chi connectivity index (χ1n) is 9.37. The molecule has 0 aliphatic rings. The standard InChI is InChI=1S/C22H26N2O4/c1-6-7-10-24-21(26)18(12-23)15(4)19(22(24)27)20(25)16(5)28-17-9-8-13(2)14(3)11-17/h8-9,11,16,27H,6-7,10H2,1-5H3. The van der Waals surface area contributed by atoms with Gasteiger partial charge in [-0.2, -0.15) is 5.26 Å². The third kappa shape index (κ3) is 4.09. The van der Waals surface area contributed by atoms with Gasteiger partial charge in [0.25, 0.3) is 5.56 Å². The van der Waals surface area contributed by atoms with Crippen molar-refractivity contribution >= 4 is 5.78 Å². The van der Waals surface area contributed by atoms with Crippen LogP contribution in [-0.2, 0) is 6.54 Å². The second kappa shape index (κ2) is 8.75. The first-order chi connectivity index (χ1) is 13.2. The van der Waals surface area contributed by atoms with E-state index in [1.807, 2.05) is 39.0 Å². The molecule has 28 heavy (non-hydrogen) atoms. The van der Waals surface area contributed by atoms with E-state index in [4.69, 9.17) is 4.74 Å². The van der Waals surface area contributed by atoms with E-state index >= 15 is 0 Å². The molecule has 1 N–H and O–H groups in total. The number of hydrogen-bond donors (Lipinski definition) is 1. The maximum Gasteiger partial charge on any atom is 0.271 e. The molecule has 1 aromatic carbocycles. The van der Waals surface area contributed by atoms with Crippen LogP contribution in [0.2, 0.25) is 0 Å². The number of Topliss-reactive ketones (excluding diaryl/α,β-unsaturated/α-hetero) is 1. The fourth-order valence-corrected chi connectivity index (χ4v) is 3.02. The highest BCUT2D eigenvalue weighted by molar-refractivity contribution is 6.03. The summed E-state index contributed by atoms with van der Waals surface area (Å²) in [6, 6.07) is 7.40. The maximum absolute atomic E-state index is 13.0. The molecule has 0 radical (unpaired) electrons. The average molecular weight is 382 g/mol. The average Bonchev–Trinajstić information content (AvgIpc) is 2.65. The summed E-state index contributed by atoms with van der Waals surface area (Å²) < 4.78 is 6.87. The Morgan fingerprint density at radius 2 is 1.96 bits per heavy atom. The molecule has 0 fully saturated rings. The predicted molar refractivity (Wildman–Crippen MR) is 107 cm³/mol. The molecule has 1 unspecified atom stereocenters. The summed E-state index contributed by atoms with van der Waals surface area (Å²) in [5.41, 5.74) is 1.58. The highest BCUT2D eigenvalue weighted by atomic mass is 16.5. The van der Waals surface area contributed by atoms with Crippen molar-refractivity contribution in [3.8, 4) is 17.7 Å². The number of aromatic hydroxyl groups is 1. The molecule has 0 bridgehead atoms. The van der Waals surface area contributed by atoms with E-state index in [0.29, 0.717) is 12.2 Å². The number of carbonyl (C=O) groups is 1. The molecule has 2 rings (SSSR count). The predicted octanol–water partition coefficient (Wildman–Crippen LogP) is 3.80. The fraction of sp³-hybridized carbons (Fsp3) is 0.409. The summed E-state index contributed by atoms with van der Waals surface area (Å²) >= 11 is 0. The van der Waals surface area contributed by atoms with Crippen molar-refractivity contribution in [1.82, 2.24) is 4.57 Å². The molecule has 6 nitrogen and oxygen atoms in total. The normalized spacial score (nSPS) is 11.7. The lowest BCUT2D eigenvalue weighted by Crippen LogP contribution is -2.30. The van der Waals surface area contributed by atoms with Crippen LogP contribution >= 0.6 is 0 Å². The number of hydrogen-bond acceptors (Lipinski definition) is 5. The summed E-state index contributed by atoms with van der Waals surface area (Å²) in [5, 5.41) is 20.0. The molecule has 0 aliphatic carbocycles. The summed E-state index contributed by atoms with van der Waals surface area (Å²) in [6.45, 7) is 9.21. The Labute approximate surface area is 165 Å². The van der Waals surface area contributed by atoms with Gasteiger partial charge in [0.1, 0.15) is 17.4 Å². The van der Waals surface area contributed by atoms with Crippen molar-refractivity contribution in [3.05, 3.63) is 56.4 Å². The van der Waals surface area contributed by atoms with Crippen molar-refractivity contribution < 1.29 is 14.6 Å². The Bertz CT molecular complexity index is 999. The van der Waals surface area contributed by atoms with Crippen LogP contribution in [0.15, 0.2) is 23.0 Å². The van der Waals surface area contributed by atoms with Crippen LogP contribution in [0, 0.1) is 32.1 Å². The highest BCUT2D eigenvalue weighted by Crippen LogP contribution is 2.26. The van der Waals surface area contributed by atoms with Gasteiger partial charge < -0.3 is 9.84 Å². The number of unbranched alkanes of at least 4 members (excludes halogenated alkanes) is 1. The Balaban J connectivity index is 2.47. The number of carbonyl (C=O) groups excluding carboxylic acids is 1. The number of ketones is 1. The molecule has 0 aliphatic heterocycles. The van der Waals surface area contributed by atoms with Gasteiger partial charge in [-0.3, -0.25) is 14.2 Å². The van der Waals surface area contributed by atoms with Gasteiger partial charge in [-0.25, -0.2) is 0 Å². The zero-order valence-electron chi connectivity index (χ0n) is 17.0. The van der Waals surface area contributed by atoms with Crippen molar-refractivity contribution in [3.63, 3.8) is 0 Å². The first kappa shape index (κ1) is 21.2. The summed E-state index contributed by atoms with van der Waals surface area (Å²) in [7, 11) is 0. The third-order valence-corrected chi connectivity index (χ3v) is 4.94. The highest BCUT2D eigenvalue weighted by Gasteiger charge is 2.28. The van der Waals surface area contributed by atoms with Crippen LogP contribution in [0.3, 0.4) is 0 Å². The molecule has 6 heteroatoms. The number of pyridine rings is 1. The summed E-state index contributed by atoms with van der Waals surface area (Å²) in [5.74, 6) is -0.341. The Hall–Kier alpha value is -3.07. The first-order valence-corrected chi connectivity index (χ1v) is 9.37. The Morgan fingerprint density at radius 3 is 2.54 bits per heavy atom. The zero-order valence-corrected chi connectivity index (χ0v) is 17.0. The lowest BCUT2D eigenvalue weighted by atomic mass is 9.99. The molecule has 1 aromatic heterocycles. The fourth-order valence-electron chi connectivity index (χ4n) is 3.02. The lowest BCUT2D eigenvalue weighted by Gasteiger charge is -2.19. The number of rotatable bonds is 7. The van der Waals surface area contributed by atoms with Gasteiger partial charge in [0.05, 0.1) is 5.56 Å². The molecule has 0 amide bonds. The molecule has 0 spiro atoms. The summed E-state index contributed by atoms with van der Waals surface area (Å²) in [4.78, 5) is 25.5. The van der Waals surface area contributed by atoms with E-state index in [1.54, 1.807) is 13.0 Å². The van der Waals surface area contributed by atoms with Gasteiger partial charge in [-0.1, -0.05) is 19.4 Å². The van der Waals surface area contributed by atoms with E-state index < -0.39 is 23.3 Å². The number of aromatic nitrogens is 1. The third-order valence-electron chi connectivity index (χ3n) is 4.94. The molecule has 1 heterocycles. The van der Waals surface area contributed by atoms with Crippen LogP contribution < -0.4 is 10.3 Å². The van der Waals surface area contributed by atoms with E-state index in [-0.39, 0.29) is 23.2 Å². The van der Waals surface area contributed by atoms with Gasteiger partial charge >= 0.3 is 0 Å². The number of aryl methyl sites for hydroxylation is 2. The molecule has 1 atom stereocenters. The van der Waals surface area contributed by atoms with Crippen molar-refractivity contribution in [1.29, 1.82) is 5.26 Å². The smallest absolute Gasteiger partial charge is 0.271 e. The molecule has 0 saturated heterocycles. The van der Waals surface area contributed by atoms with Crippen molar-refractivity contribution in [2.45, 2.75) is 60.1 Å². The second-order valence-electron chi connectivity index (χ2n) is 6.99. The minimum Gasteiger partial charge on any atom is -0.494 e. The minimum atomic E-state index is -0.893. The zero-order chi connectivity index (χ0) is 21.0. The van der Waals surface area contributed by atoms with Crippen LogP contribution in [-0.4, -0.2) is 21.6 Å². The molecule has 0 saturated carbocycles. The molecule has 2 aromatic rings. The Morgan fingerprint density at radius 1 is 1.29 bits per heavy atom. The van der Waals surface area contributed by atoms with Crippen molar-refractivity contribution in [2.24, 2.45) is 0 Å². The van der Waals surface area contributed by atoms with Crippen LogP contribution in [0.4, 0.5) is 0 Å². The van der Waals surface area contributed by atoms with Crippen molar-refractivity contribution in [2.75, 3.05) is 0 Å². The van der Waals surface area contributed by atoms with E-state index in [9.17, 15) is 20.0 Å². The molecular weight excluding hydrogens is 356 g/mol. The van der Waals surface area contributed by atoms with E-state index in [0.717, 1.165) is 22.1 Å². The van der Waals surface area contributed by atoms with Gasteiger partial charge in [0, 0.05) is 6.54 Å². The molecular formula is C22H26N2O4.